The maximum absolute atomic E-state index is 12.7. The molecule has 1 N–H and O–H groups in total. The number of rotatable bonds is 9. The Bertz CT molecular complexity index is 1280. The number of nitrogens with one attached hydrogen (secondary N) is 1. The lowest BCUT2D eigenvalue weighted by Gasteiger charge is -2.18. The van der Waals surface area contributed by atoms with Crippen LogP contribution in [0.5, 0.6) is 11.5 Å². The van der Waals surface area contributed by atoms with Gasteiger partial charge in [0.1, 0.15) is 11.5 Å². The first-order chi connectivity index (χ1) is 17.5. The molecule has 0 spiro atoms. The number of benzene rings is 3. The minimum Gasteiger partial charge on any atom is -0.497 e. The summed E-state index contributed by atoms with van der Waals surface area (Å²) in [6, 6.07) is 23.6. The van der Waals surface area contributed by atoms with Gasteiger partial charge in [-0.25, -0.2) is 14.5 Å². The highest BCUT2D eigenvalue weighted by molar-refractivity contribution is 5.88. The molecular weight excluding hydrogens is 460 g/mol. The van der Waals surface area contributed by atoms with Gasteiger partial charge in [0.15, 0.2) is 12.4 Å². The minimum absolute atomic E-state index is 0.145. The fourth-order valence-corrected chi connectivity index (χ4v) is 3.66. The second-order valence-corrected chi connectivity index (χ2v) is 7.85. The number of carbonyl (C=O) groups excluding carboxylic acids is 2. The average Bonchev–Trinajstić information content (AvgIpc) is 3.38. The lowest BCUT2D eigenvalue weighted by atomic mass is 10.1. The molecule has 0 bridgehead atoms. The molecule has 4 rings (SSSR count). The van der Waals surface area contributed by atoms with Gasteiger partial charge < -0.3 is 19.5 Å². The van der Waals surface area contributed by atoms with Crippen molar-refractivity contribution in [3.05, 3.63) is 90.3 Å². The van der Waals surface area contributed by atoms with Gasteiger partial charge in [-0.3, -0.25) is 4.79 Å². The van der Waals surface area contributed by atoms with Crippen LogP contribution in [0, 0.1) is 0 Å². The first-order valence-corrected chi connectivity index (χ1v) is 11.3. The normalized spacial score (nSPS) is 11.4. The summed E-state index contributed by atoms with van der Waals surface area (Å²) in [5.74, 6) is 0.289. The number of methoxy groups -OCH3 is 2. The second-order valence-electron chi connectivity index (χ2n) is 7.85. The lowest BCUT2D eigenvalue weighted by molar-refractivity contribution is -0.124. The van der Waals surface area contributed by atoms with Crippen LogP contribution in [0.1, 0.15) is 29.1 Å². The molecular formula is C27H26N4O5. The SMILES string of the molecule is COc1ccc(OC)c(C(C)NC(=O)COC(=O)c2nc(-c3ccccc3)n(-c3ccccc3)n2)c1. The maximum atomic E-state index is 12.7. The number of aromatic nitrogens is 3. The van der Waals surface area contributed by atoms with Crippen molar-refractivity contribution in [3.63, 3.8) is 0 Å². The van der Waals surface area contributed by atoms with Gasteiger partial charge in [-0.15, -0.1) is 5.10 Å². The summed E-state index contributed by atoms with van der Waals surface area (Å²) in [5, 5.41) is 7.15. The van der Waals surface area contributed by atoms with Gasteiger partial charge in [0.2, 0.25) is 0 Å². The van der Waals surface area contributed by atoms with Crippen LogP contribution >= 0.6 is 0 Å². The molecule has 1 amide bonds. The van der Waals surface area contributed by atoms with E-state index in [0.29, 0.717) is 17.3 Å². The molecule has 1 aromatic heterocycles. The fraction of sp³-hybridized carbons (Fsp3) is 0.185. The summed E-state index contributed by atoms with van der Waals surface area (Å²) in [5.41, 5.74) is 2.25. The van der Waals surface area contributed by atoms with Gasteiger partial charge in [0, 0.05) is 11.1 Å². The van der Waals surface area contributed by atoms with Crippen LogP contribution < -0.4 is 14.8 Å². The third-order valence-corrected chi connectivity index (χ3v) is 5.44. The molecule has 9 nitrogen and oxygen atoms in total. The van der Waals surface area contributed by atoms with Crippen LogP contribution in [0.15, 0.2) is 78.9 Å². The first-order valence-electron chi connectivity index (χ1n) is 11.3. The van der Waals surface area contributed by atoms with Gasteiger partial charge in [-0.2, -0.15) is 0 Å². The second kappa shape index (κ2) is 11.2. The zero-order chi connectivity index (χ0) is 25.5. The van der Waals surface area contributed by atoms with E-state index >= 15 is 0 Å². The van der Waals surface area contributed by atoms with E-state index in [1.165, 1.54) is 0 Å². The van der Waals surface area contributed by atoms with E-state index in [1.807, 2.05) is 60.7 Å². The van der Waals surface area contributed by atoms with Gasteiger partial charge >= 0.3 is 5.97 Å². The van der Waals surface area contributed by atoms with E-state index in [9.17, 15) is 9.59 Å². The highest BCUT2D eigenvalue weighted by atomic mass is 16.5. The number of carbonyl (C=O) groups is 2. The van der Waals surface area contributed by atoms with Gasteiger partial charge in [-0.1, -0.05) is 48.5 Å². The topological polar surface area (TPSA) is 105 Å². The number of ether oxygens (including phenoxy) is 3. The molecule has 184 valence electrons. The molecule has 0 aliphatic carbocycles. The fourth-order valence-electron chi connectivity index (χ4n) is 3.66. The van der Waals surface area contributed by atoms with Crippen LogP contribution in [-0.4, -0.2) is 47.5 Å². The van der Waals surface area contributed by atoms with E-state index < -0.39 is 24.5 Å². The molecule has 0 saturated carbocycles. The molecule has 1 unspecified atom stereocenters. The minimum atomic E-state index is -0.802. The predicted octanol–water partition coefficient (Wildman–Crippen LogP) is 3.99. The summed E-state index contributed by atoms with van der Waals surface area (Å²) in [7, 11) is 3.11. The average molecular weight is 487 g/mol. The zero-order valence-corrected chi connectivity index (χ0v) is 20.2. The van der Waals surface area contributed by atoms with Crippen LogP contribution in [0.25, 0.3) is 17.1 Å². The number of amides is 1. The number of esters is 1. The smallest absolute Gasteiger partial charge is 0.378 e. The van der Waals surface area contributed by atoms with Crippen molar-refractivity contribution in [2.24, 2.45) is 0 Å². The van der Waals surface area contributed by atoms with Crippen molar-refractivity contribution in [2.75, 3.05) is 20.8 Å². The highest BCUT2D eigenvalue weighted by Crippen LogP contribution is 2.29. The van der Waals surface area contributed by atoms with Gasteiger partial charge in [0.05, 0.1) is 25.9 Å². The first kappa shape index (κ1) is 24.5. The molecule has 0 saturated heterocycles. The molecule has 0 aliphatic heterocycles. The van der Waals surface area contributed by atoms with Crippen molar-refractivity contribution >= 4 is 11.9 Å². The zero-order valence-electron chi connectivity index (χ0n) is 20.2. The largest absolute Gasteiger partial charge is 0.497 e. The van der Waals surface area contributed by atoms with Crippen LogP contribution in [0.4, 0.5) is 0 Å². The van der Waals surface area contributed by atoms with E-state index in [0.717, 1.165) is 16.8 Å². The monoisotopic (exact) mass is 486 g/mol. The Balaban J connectivity index is 1.47. The number of para-hydroxylation sites is 1. The third kappa shape index (κ3) is 5.52. The molecule has 3 aromatic carbocycles. The molecule has 0 radical (unpaired) electrons. The van der Waals surface area contributed by atoms with Crippen molar-refractivity contribution < 1.29 is 23.8 Å². The van der Waals surface area contributed by atoms with Gasteiger partial charge in [0.25, 0.3) is 11.7 Å². The van der Waals surface area contributed by atoms with E-state index in [1.54, 1.807) is 44.0 Å². The van der Waals surface area contributed by atoms with Crippen LogP contribution in [-0.2, 0) is 9.53 Å². The van der Waals surface area contributed by atoms with Crippen molar-refractivity contribution in [1.82, 2.24) is 20.1 Å². The molecule has 0 aliphatic rings. The molecule has 0 fully saturated rings. The van der Waals surface area contributed by atoms with E-state index in [-0.39, 0.29) is 5.82 Å². The highest BCUT2D eigenvalue weighted by Gasteiger charge is 2.22. The standard InChI is InChI=1S/C27H26N4O5/c1-18(22-16-21(34-2)14-15-23(22)35-3)28-24(32)17-36-27(33)25-29-26(19-10-6-4-7-11-19)31(30-25)20-12-8-5-9-13-20/h4-16,18H,17H2,1-3H3,(H,28,32). The Morgan fingerprint density at radius 3 is 2.31 bits per heavy atom. The van der Waals surface area contributed by atoms with E-state index in [2.05, 4.69) is 15.4 Å². The molecule has 9 heteroatoms. The van der Waals surface area contributed by atoms with Crippen molar-refractivity contribution in [2.45, 2.75) is 13.0 Å². The van der Waals surface area contributed by atoms with Crippen molar-refractivity contribution in [3.8, 4) is 28.6 Å². The maximum Gasteiger partial charge on any atom is 0.378 e. The molecule has 36 heavy (non-hydrogen) atoms. The Labute approximate surface area is 208 Å². The lowest BCUT2D eigenvalue weighted by Crippen LogP contribution is -2.31. The van der Waals surface area contributed by atoms with Crippen LogP contribution in [0.3, 0.4) is 0 Å². The summed E-state index contributed by atoms with van der Waals surface area (Å²) in [6.45, 7) is 1.31. The quantitative estimate of drug-likeness (QED) is 0.357. The van der Waals surface area contributed by atoms with Gasteiger partial charge in [-0.05, 0) is 37.3 Å². The Hall–Kier alpha value is -4.66. The number of hydrogen-bond acceptors (Lipinski definition) is 7. The number of nitrogens with zero attached hydrogens (tertiary/aromatic N) is 3. The molecule has 1 heterocycles. The Morgan fingerprint density at radius 1 is 0.944 bits per heavy atom. The summed E-state index contributed by atoms with van der Waals surface area (Å²) >= 11 is 0. The Kier molecular flexibility index (Phi) is 7.60. The summed E-state index contributed by atoms with van der Waals surface area (Å²) < 4.78 is 17.4. The molecule has 1 atom stereocenters. The summed E-state index contributed by atoms with van der Waals surface area (Å²) in [4.78, 5) is 29.7. The third-order valence-electron chi connectivity index (χ3n) is 5.44. The van der Waals surface area contributed by atoms with Crippen LogP contribution in [0.2, 0.25) is 0 Å². The number of hydrogen-bond donors (Lipinski definition) is 1. The predicted molar refractivity (Wildman–Crippen MR) is 133 cm³/mol. The van der Waals surface area contributed by atoms with E-state index in [4.69, 9.17) is 14.2 Å². The Morgan fingerprint density at radius 2 is 1.64 bits per heavy atom. The molecule has 4 aromatic rings. The summed E-state index contributed by atoms with van der Waals surface area (Å²) in [6.07, 6.45) is 0. The van der Waals surface area contributed by atoms with Crippen molar-refractivity contribution in [1.29, 1.82) is 0 Å².